The molecule has 2 aromatic heterocycles. The molecule has 0 saturated heterocycles. The Bertz CT molecular complexity index is 574. The molecule has 0 spiro atoms. The second-order valence-electron chi connectivity index (χ2n) is 5.02. The highest BCUT2D eigenvalue weighted by molar-refractivity contribution is 5.54. The van der Waals surface area contributed by atoms with Gasteiger partial charge in [0.05, 0.1) is 29.5 Å². The van der Waals surface area contributed by atoms with Crippen LogP contribution in [0.5, 0.6) is 0 Å². The van der Waals surface area contributed by atoms with E-state index in [9.17, 15) is 0 Å². The summed E-state index contributed by atoms with van der Waals surface area (Å²) in [6.45, 7) is 8.02. The van der Waals surface area contributed by atoms with Crippen LogP contribution in [0.15, 0.2) is 18.5 Å². The first-order chi connectivity index (χ1) is 9.61. The lowest BCUT2D eigenvalue weighted by molar-refractivity contribution is 0.730. The second-order valence-corrected chi connectivity index (χ2v) is 5.02. The fourth-order valence-electron chi connectivity index (χ4n) is 2.17. The predicted molar refractivity (Wildman–Crippen MR) is 83.0 cm³/mol. The molecule has 0 bridgehead atoms. The number of hydrogen-bond donors (Lipinski definition) is 2. The van der Waals surface area contributed by atoms with Crippen molar-refractivity contribution in [3.8, 4) is 0 Å². The van der Waals surface area contributed by atoms with Gasteiger partial charge in [0.1, 0.15) is 0 Å². The van der Waals surface area contributed by atoms with Gasteiger partial charge in [0, 0.05) is 31.4 Å². The predicted octanol–water partition coefficient (Wildman–Crippen LogP) is 2.87. The van der Waals surface area contributed by atoms with Crippen LogP contribution in [0.25, 0.3) is 0 Å². The van der Waals surface area contributed by atoms with Crippen molar-refractivity contribution in [2.45, 2.75) is 33.7 Å². The molecule has 0 radical (unpaired) electrons. The van der Waals surface area contributed by atoms with Gasteiger partial charge in [0.15, 0.2) is 0 Å². The lowest BCUT2D eigenvalue weighted by atomic mass is 10.2. The Morgan fingerprint density at radius 3 is 2.45 bits per heavy atom. The number of aromatic nitrogens is 3. The zero-order valence-electron chi connectivity index (χ0n) is 12.7. The Labute approximate surface area is 120 Å². The first kappa shape index (κ1) is 14.4. The number of pyridine rings is 1. The molecule has 0 amide bonds. The Morgan fingerprint density at radius 1 is 1.15 bits per heavy atom. The summed E-state index contributed by atoms with van der Waals surface area (Å²) in [6, 6.07) is 2.09. The molecule has 0 saturated carbocycles. The van der Waals surface area contributed by atoms with Gasteiger partial charge >= 0.3 is 0 Å². The quantitative estimate of drug-likeness (QED) is 0.849. The van der Waals surface area contributed by atoms with Crippen molar-refractivity contribution < 1.29 is 0 Å². The van der Waals surface area contributed by atoms with E-state index in [0.29, 0.717) is 0 Å². The lowest BCUT2D eigenvalue weighted by Crippen LogP contribution is -2.04. The van der Waals surface area contributed by atoms with Gasteiger partial charge in [-0.25, -0.2) is 0 Å². The van der Waals surface area contributed by atoms with Gasteiger partial charge in [0.25, 0.3) is 0 Å². The standard InChI is InChI=1S/C15H23N5/c1-5-6-17-13-7-14(9-16-8-13)18-10-15-11(2)19-20(4)12(15)3/h7-9,17-18H,5-6,10H2,1-4H3. The summed E-state index contributed by atoms with van der Waals surface area (Å²) in [7, 11) is 1.97. The lowest BCUT2D eigenvalue weighted by Gasteiger charge is -2.09. The molecular formula is C15H23N5. The Kier molecular flexibility index (Phi) is 4.61. The van der Waals surface area contributed by atoms with Gasteiger partial charge < -0.3 is 10.6 Å². The van der Waals surface area contributed by atoms with Crippen LogP contribution in [0.2, 0.25) is 0 Å². The summed E-state index contributed by atoms with van der Waals surface area (Å²) in [6.07, 6.45) is 4.80. The minimum Gasteiger partial charge on any atom is -0.384 e. The van der Waals surface area contributed by atoms with E-state index in [2.05, 4.69) is 40.6 Å². The summed E-state index contributed by atoms with van der Waals surface area (Å²) in [5, 5.41) is 11.2. The second kappa shape index (κ2) is 6.41. The van der Waals surface area contributed by atoms with E-state index in [-0.39, 0.29) is 0 Å². The molecule has 0 atom stereocenters. The number of rotatable bonds is 6. The summed E-state index contributed by atoms with van der Waals surface area (Å²) in [5.74, 6) is 0. The third-order valence-corrected chi connectivity index (χ3v) is 3.45. The van der Waals surface area contributed by atoms with Gasteiger partial charge in [-0.1, -0.05) is 6.92 Å². The van der Waals surface area contributed by atoms with E-state index in [4.69, 9.17) is 0 Å². The maximum Gasteiger partial charge on any atom is 0.0646 e. The van der Waals surface area contributed by atoms with E-state index in [1.54, 1.807) is 0 Å². The molecule has 0 aliphatic heterocycles. The third-order valence-electron chi connectivity index (χ3n) is 3.45. The van der Waals surface area contributed by atoms with Crippen LogP contribution in [0, 0.1) is 13.8 Å². The highest BCUT2D eigenvalue weighted by Crippen LogP contribution is 2.17. The van der Waals surface area contributed by atoms with Crippen LogP contribution in [0.4, 0.5) is 11.4 Å². The number of hydrogen-bond acceptors (Lipinski definition) is 4. The van der Waals surface area contributed by atoms with Crippen molar-refractivity contribution in [2.24, 2.45) is 7.05 Å². The minimum atomic E-state index is 0.768. The molecule has 5 heteroatoms. The fraction of sp³-hybridized carbons (Fsp3) is 0.467. The normalized spacial score (nSPS) is 10.6. The van der Waals surface area contributed by atoms with Gasteiger partial charge in [-0.05, 0) is 26.3 Å². The Morgan fingerprint density at radius 2 is 1.85 bits per heavy atom. The highest BCUT2D eigenvalue weighted by atomic mass is 15.3. The third kappa shape index (κ3) is 3.29. The molecule has 5 nitrogen and oxygen atoms in total. The molecule has 2 rings (SSSR count). The van der Waals surface area contributed by atoms with Crippen molar-refractivity contribution in [3.05, 3.63) is 35.4 Å². The van der Waals surface area contributed by atoms with Crippen LogP contribution >= 0.6 is 0 Å². The van der Waals surface area contributed by atoms with E-state index in [0.717, 1.165) is 36.6 Å². The Balaban J connectivity index is 2.03. The van der Waals surface area contributed by atoms with E-state index in [1.165, 1.54) is 11.3 Å². The molecule has 0 unspecified atom stereocenters. The number of nitrogens with one attached hydrogen (secondary N) is 2. The van der Waals surface area contributed by atoms with Crippen LogP contribution in [0.1, 0.15) is 30.3 Å². The van der Waals surface area contributed by atoms with Gasteiger partial charge in [-0.15, -0.1) is 0 Å². The van der Waals surface area contributed by atoms with Gasteiger partial charge in [-0.2, -0.15) is 5.10 Å². The topological polar surface area (TPSA) is 54.8 Å². The zero-order valence-corrected chi connectivity index (χ0v) is 12.7. The average molecular weight is 273 g/mol. The molecule has 108 valence electrons. The van der Waals surface area contributed by atoms with Crippen molar-refractivity contribution in [1.82, 2.24) is 14.8 Å². The number of aryl methyl sites for hydroxylation is 2. The number of nitrogens with zero attached hydrogens (tertiary/aromatic N) is 3. The molecule has 0 fully saturated rings. The first-order valence-electron chi connectivity index (χ1n) is 7.03. The molecule has 0 aromatic carbocycles. The largest absolute Gasteiger partial charge is 0.384 e. The smallest absolute Gasteiger partial charge is 0.0646 e. The molecule has 2 aromatic rings. The molecule has 0 aliphatic carbocycles. The molecule has 2 N–H and O–H groups in total. The Hall–Kier alpha value is -2.04. The maximum atomic E-state index is 4.43. The summed E-state index contributed by atoms with van der Waals surface area (Å²) in [4.78, 5) is 4.25. The molecule has 20 heavy (non-hydrogen) atoms. The summed E-state index contributed by atoms with van der Waals surface area (Å²) >= 11 is 0. The van der Waals surface area contributed by atoms with Crippen molar-refractivity contribution in [3.63, 3.8) is 0 Å². The molecule has 0 aliphatic rings. The van der Waals surface area contributed by atoms with Crippen molar-refractivity contribution >= 4 is 11.4 Å². The van der Waals surface area contributed by atoms with Crippen LogP contribution in [-0.2, 0) is 13.6 Å². The zero-order chi connectivity index (χ0) is 14.5. The summed E-state index contributed by atoms with van der Waals surface area (Å²) in [5.41, 5.74) is 5.60. The van der Waals surface area contributed by atoms with E-state index >= 15 is 0 Å². The molecule has 2 heterocycles. The van der Waals surface area contributed by atoms with Crippen molar-refractivity contribution in [2.75, 3.05) is 17.2 Å². The minimum absolute atomic E-state index is 0.768. The monoisotopic (exact) mass is 273 g/mol. The van der Waals surface area contributed by atoms with E-state index < -0.39 is 0 Å². The first-order valence-corrected chi connectivity index (χ1v) is 7.03. The van der Waals surface area contributed by atoms with Crippen molar-refractivity contribution in [1.29, 1.82) is 0 Å². The number of anilines is 2. The van der Waals surface area contributed by atoms with Gasteiger partial charge in [0.2, 0.25) is 0 Å². The average Bonchev–Trinajstić information content (AvgIpc) is 2.68. The highest BCUT2D eigenvalue weighted by Gasteiger charge is 2.08. The van der Waals surface area contributed by atoms with Crippen LogP contribution in [0.3, 0.4) is 0 Å². The van der Waals surface area contributed by atoms with Crippen LogP contribution < -0.4 is 10.6 Å². The van der Waals surface area contributed by atoms with E-state index in [1.807, 2.05) is 31.0 Å². The maximum absolute atomic E-state index is 4.43. The summed E-state index contributed by atoms with van der Waals surface area (Å²) < 4.78 is 1.92. The van der Waals surface area contributed by atoms with Gasteiger partial charge in [-0.3, -0.25) is 9.67 Å². The molecular weight excluding hydrogens is 250 g/mol. The SMILES string of the molecule is CCCNc1cncc(NCc2c(C)nn(C)c2C)c1. The fourth-order valence-corrected chi connectivity index (χ4v) is 2.17. The van der Waals surface area contributed by atoms with Crippen LogP contribution in [-0.4, -0.2) is 21.3 Å².